The fourth-order valence-corrected chi connectivity index (χ4v) is 3.61. The Bertz CT molecular complexity index is 437. The van der Waals surface area contributed by atoms with Crippen LogP contribution >= 0.6 is 23.1 Å². The zero-order valence-electron chi connectivity index (χ0n) is 9.22. The first-order valence-corrected chi connectivity index (χ1v) is 7.02. The molecule has 1 nitrogen and oxygen atoms in total. The summed E-state index contributed by atoms with van der Waals surface area (Å²) < 4.78 is 0. The maximum absolute atomic E-state index is 5.84. The third-order valence-electron chi connectivity index (χ3n) is 2.34. The highest BCUT2D eigenvalue weighted by molar-refractivity contribution is 7.99. The van der Waals surface area contributed by atoms with Gasteiger partial charge in [0, 0.05) is 16.3 Å². The molecule has 1 aromatic heterocycles. The van der Waals surface area contributed by atoms with Gasteiger partial charge in [-0.05, 0) is 30.5 Å². The number of hydrogen-bond donors (Lipinski definition) is 1. The summed E-state index contributed by atoms with van der Waals surface area (Å²) in [4.78, 5) is 2.65. The van der Waals surface area contributed by atoms with Gasteiger partial charge in [-0.2, -0.15) is 0 Å². The monoisotopic (exact) mass is 249 g/mol. The molecule has 0 aliphatic carbocycles. The SMILES string of the molecule is Cc1cccc(SC(CN)c2cccs2)c1. The van der Waals surface area contributed by atoms with Crippen molar-refractivity contribution < 1.29 is 0 Å². The second kappa shape index (κ2) is 5.53. The lowest BCUT2D eigenvalue weighted by Crippen LogP contribution is -2.07. The molecule has 3 heteroatoms. The molecule has 0 saturated heterocycles. The minimum atomic E-state index is 0.377. The predicted octanol–water partition coefficient (Wildman–Crippen LogP) is 3.85. The van der Waals surface area contributed by atoms with Gasteiger partial charge in [-0.3, -0.25) is 0 Å². The van der Waals surface area contributed by atoms with Crippen LogP contribution in [0.3, 0.4) is 0 Å². The van der Waals surface area contributed by atoms with Crippen LogP contribution in [0.4, 0.5) is 0 Å². The fraction of sp³-hybridized carbons (Fsp3) is 0.231. The Morgan fingerprint density at radius 3 is 2.81 bits per heavy atom. The van der Waals surface area contributed by atoms with Gasteiger partial charge in [0.05, 0.1) is 5.25 Å². The average molecular weight is 249 g/mol. The molecule has 0 aliphatic rings. The van der Waals surface area contributed by atoms with E-state index in [1.54, 1.807) is 11.3 Å². The van der Waals surface area contributed by atoms with Gasteiger partial charge in [0.15, 0.2) is 0 Å². The van der Waals surface area contributed by atoms with E-state index in [2.05, 4.69) is 48.7 Å². The van der Waals surface area contributed by atoms with E-state index in [0.29, 0.717) is 11.8 Å². The van der Waals surface area contributed by atoms with Crippen molar-refractivity contribution in [2.24, 2.45) is 5.73 Å². The van der Waals surface area contributed by atoms with Crippen LogP contribution in [0.5, 0.6) is 0 Å². The van der Waals surface area contributed by atoms with Crippen LogP contribution in [0.15, 0.2) is 46.7 Å². The van der Waals surface area contributed by atoms with Gasteiger partial charge in [-0.1, -0.05) is 23.8 Å². The maximum Gasteiger partial charge on any atom is 0.0560 e. The zero-order valence-corrected chi connectivity index (χ0v) is 10.9. The van der Waals surface area contributed by atoms with Gasteiger partial charge < -0.3 is 5.73 Å². The van der Waals surface area contributed by atoms with E-state index in [-0.39, 0.29) is 0 Å². The average Bonchev–Trinajstić information content (AvgIpc) is 2.79. The topological polar surface area (TPSA) is 26.0 Å². The second-order valence-electron chi connectivity index (χ2n) is 3.67. The molecule has 1 heterocycles. The summed E-state index contributed by atoms with van der Waals surface area (Å²) in [6.07, 6.45) is 0. The molecule has 2 N–H and O–H groups in total. The Hall–Kier alpha value is -0.770. The summed E-state index contributed by atoms with van der Waals surface area (Å²) in [6, 6.07) is 12.8. The molecule has 2 aromatic rings. The van der Waals surface area contributed by atoms with Crippen LogP contribution < -0.4 is 5.73 Å². The molecule has 84 valence electrons. The van der Waals surface area contributed by atoms with E-state index in [0.717, 1.165) is 0 Å². The second-order valence-corrected chi connectivity index (χ2v) is 5.93. The van der Waals surface area contributed by atoms with Crippen molar-refractivity contribution in [2.45, 2.75) is 17.1 Å². The Labute approximate surface area is 105 Å². The highest BCUT2D eigenvalue weighted by Crippen LogP contribution is 2.36. The molecule has 0 amide bonds. The number of benzene rings is 1. The van der Waals surface area contributed by atoms with Crippen LogP contribution in [0.1, 0.15) is 15.7 Å². The van der Waals surface area contributed by atoms with Crippen LogP contribution in [-0.2, 0) is 0 Å². The Balaban J connectivity index is 2.13. The molecule has 2 rings (SSSR count). The zero-order chi connectivity index (χ0) is 11.4. The molecule has 1 unspecified atom stereocenters. The minimum absolute atomic E-state index is 0.377. The highest BCUT2D eigenvalue weighted by atomic mass is 32.2. The summed E-state index contributed by atoms with van der Waals surface area (Å²) in [5, 5.41) is 2.48. The third kappa shape index (κ3) is 2.88. The quantitative estimate of drug-likeness (QED) is 0.833. The molecular weight excluding hydrogens is 234 g/mol. The summed E-state index contributed by atoms with van der Waals surface area (Å²) in [5.41, 5.74) is 7.13. The van der Waals surface area contributed by atoms with Crippen LogP contribution in [-0.4, -0.2) is 6.54 Å². The van der Waals surface area contributed by atoms with Gasteiger partial charge in [0.25, 0.3) is 0 Å². The number of aryl methyl sites for hydroxylation is 1. The first-order chi connectivity index (χ1) is 7.79. The van der Waals surface area contributed by atoms with Crippen molar-refractivity contribution in [3.05, 3.63) is 52.2 Å². The lowest BCUT2D eigenvalue weighted by molar-refractivity contribution is 0.960. The van der Waals surface area contributed by atoms with Crippen molar-refractivity contribution in [1.29, 1.82) is 0 Å². The van der Waals surface area contributed by atoms with Crippen molar-refractivity contribution in [3.8, 4) is 0 Å². The van der Waals surface area contributed by atoms with Crippen LogP contribution in [0.2, 0.25) is 0 Å². The molecular formula is C13H15NS2. The van der Waals surface area contributed by atoms with Crippen LogP contribution in [0, 0.1) is 6.92 Å². The number of rotatable bonds is 4. The van der Waals surface area contributed by atoms with E-state index < -0.39 is 0 Å². The molecule has 0 radical (unpaired) electrons. The van der Waals surface area contributed by atoms with E-state index >= 15 is 0 Å². The summed E-state index contributed by atoms with van der Waals surface area (Å²) in [5.74, 6) is 0. The molecule has 1 atom stereocenters. The Morgan fingerprint density at radius 2 is 2.19 bits per heavy atom. The highest BCUT2D eigenvalue weighted by Gasteiger charge is 2.12. The summed E-state index contributed by atoms with van der Waals surface area (Å²) in [7, 11) is 0. The van der Waals surface area contributed by atoms with E-state index in [1.165, 1.54) is 15.3 Å². The largest absolute Gasteiger partial charge is 0.329 e. The lowest BCUT2D eigenvalue weighted by Gasteiger charge is -2.12. The summed E-state index contributed by atoms with van der Waals surface area (Å²) in [6.45, 7) is 2.80. The van der Waals surface area contributed by atoms with E-state index in [1.807, 2.05) is 11.8 Å². The molecule has 0 aliphatic heterocycles. The first-order valence-electron chi connectivity index (χ1n) is 5.26. The van der Waals surface area contributed by atoms with Crippen molar-refractivity contribution in [2.75, 3.05) is 6.54 Å². The molecule has 16 heavy (non-hydrogen) atoms. The van der Waals surface area contributed by atoms with Crippen molar-refractivity contribution in [3.63, 3.8) is 0 Å². The standard InChI is InChI=1S/C13H15NS2/c1-10-4-2-5-11(8-10)16-13(9-14)12-6-3-7-15-12/h2-8,13H,9,14H2,1H3. The number of nitrogens with two attached hydrogens (primary N) is 1. The van der Waals surface area contributed by atoms with E-state index in [4.69, 9.17) is 5.73 Å². The molecule has 0 bridgehead atoms. The van der Waals surface area contributed by atoms with Gasteiger partial charge in [-0.25, -0.2) is 0 Å². The molecule has 0 saturated carbocycles. The lowest BCUT2D eigenvalue weighted by atomic mass is 10.2. The van der Waals surface area contributed by atoms with Crippen LogP contribution in [0.25, 0.3) is 0 Å². The fourth-order valence-electron chi connectivity index (χ4n) is 1.55. The van der Waals surface area contributed by atoms with Crippen molar-refractivity contribution >= 4 is 23.1 Å². The van der Waals surface area contributed by atoms with Gasteiger partial charge in [0.2, 0.25) is 0 Å². The van der Waals surface area contributed by atoms with Gasteiger partial charge in [-0.15, -0.1) is 23.1 Å². The molecule has 0 fully saturated rings. The van der Waals surface area contributed by atoms with Gasteiger partial charge in [0.1, 0.15) is 0 Å². The number of hydrogen-bond acceptors (Lipinski definition) is 3. The number of thioether (sulfide) groups is 1. The number of thiophene rings is 1. The predicted molar refractivity (Wildman–Crippen MR) is 73.2 cm³/mol. The molecule has 1 aromatic carbocycles. The van der Waals surface area contributed by atoms with Crippen molar-refractivity contribution in [1.82, 2.24) is 0 Å². The Kier molecular flexibility index (Phi) is 4.04. The van der Waals surface area contributed by atoms with Gasteiger partial charge >= 0.3 is 0 Å². The Morgan fingerprint density at radius 1 is 1.31 bits per heavy atom. The first kappa shape index (κ1) is 11.7. The minimum Gasteiger partial charge on any atom is -0.329 e. The third-order valence-corrected chi connectivity index (χ3v) is 4.73. The summed E-state index contributed by atoms with van der Waals surface area (Å²) >= 11 is 3.62. The molecule has 0 spiro atoms. The normalized spacial score (nSPS) is 12.6. The van der Waals surface area contributed by atoms with E-state index in [9.17, 15) is 0 Å². The smallest absolute Gasteiger partial charge is 0.0560 e. The maximum atomic E-state index is 5.84.